The number of aryl methyl sites for hydroxylation is 1. The Bertz CT molecular complexity index is 1070. The Balaban J connectivity index is 1.64. The van der Waals surface area contributed by atoms with E-state index in [2.05, 4.69) is 6.92 Å². The fraction of sp³-hybridized carbons (Fsp3) is 0.200. The Morgan fingerprint density at radius 1 is 0.759 bits per heavy atom. The molecule has 0 aliphatic heterocycles. The van der Waals surface area contributed by atoms with Crippen LogP contribution in [0.5, 0.6) is 0 Å². The molecule has 0 saturated carbocycles. The summed E-state index contributed by atoms with van der Waals surface area (Å²) in [5.41, 5.74) is 3.59. The maximum absolute atomic E-state index is 14.8. The monoisotopic (exact) mass is 396 g/mol. The van der Waals surface area contributed by atoms with Crippen molar-refractivity contribution in [3.63, 3.8) is 0 Å². The molecule has 0 unspecified atom stereocenters. The van der Waals surface area contributed by atoms with Gasteiger partial charge in [0.25, 0.3) is 0 Å². The SMILES string of the molecule is CCCCc1ccc(-c2cc(F)c(C3=Cc4cc(F)c(F)cc4C3)c(F)c2)cc1. The molecule has 0 radical (unpaired) electrons. The molecule has 0 fully saturated rings. The molecule has 0 spiro atoms. The van der Waals surface area contributed by atoms with Crippen molar-refractivity contribution in [2.45, 2.75) is 32.6 Å². The molecule has 0 aromatic heterocycles. The van der Waals surface area contributed by atoms with Crippen LogP contribution in [0.15, 0.2) is 48.5 Å². The first-order valence-electron chi connectivity index (χ1n) is 9.73. The van der Waals surface area contributed by atoms with Crippen molar-refractivity contribution in [2.24, 2.45) is 0 Å². The first kappa shape index (κ1) is 19.4. The number of allylic oxidation sites excluding steroid dienone is 1. The zero-order chi connectivity index (χ0) is 20.5. The van der Waals surface area contributed by atoms with Crippen molar-refractivity contribution in [1.29, 1.82) is 0 Å². The van der Waals surface area contributed by atoms with Crippen molar-refractivity contribution in [2.75, 3.05) is 0 Å². The van der Waals surface area contributed by atoms with Gasteiger partial charge in [-0.25, -0.2) is 17.6 Å². The third-order valence-corrected chi connectivity index (χ3v) is 5.36. The molecule has 4 rings (SSSR count). The number of rotatable bonds is 5. The van der Waals surface area contributed by atoms with Crippen LogP contribution < -0.4 is 0 Å². The van der Waals surface area contributed by atoms with E-state index in [4.69, 9.17) is 0 Å². The Morgan fingerprint density at radius 2 is 1.41 bits per heavy atom. The van der Waals surface area contributed by atoms with Crippen LogP contribution in [0.4, 0.5) is 17.6 Å². The van der Waals surface area contributed by atoms with Crippen molar-refractivity contribution < 1.29 is 17.6 Å². The van der Waals surface area contributed by atoms with Gasteiger partial charge >= 0.3 is 0 Å². The molecular formula is C25H20F4. The number of hydrogen-bond donors (Lipinski definition) is 0. The molecule has 0 nitrogen and oxygen atoms in total. The van der Waals surface area contributed by atoms with Crippen LogP contribution in [-0.2, 0) is 12.8 Å². The molecule has 0 N–H and O–H groups in total. The normalized spacial score (nSPS) is 12.8. The Morgan fingerprint density at radius 3 is 2.07 bits per heavy atom. The zero-order valence-electron chi connectivity index (χ0n) is 16.0. The number of fused-ring (bicyclic) bond motifs is 1. The first-order chi connectivity index (χ1) is 14.0. The lowest BCUT2D eigenvalue weighted by molar-refractivity contribution is 0.507. The number of halogens is 4. The Kier molecular flexibility index (Phi) is 5.27. The molecule has 4 heteroatoms. The van der Waals surface area contributed by atoms with Crippen molar-refractivity contribution >= 4 is 11.6 Å². The smallest absolute Gasteiger partial charge is 0.159 e. The van der Waals surface area contributed by atoms with Crippen molar-refractivity contribution in [3.05, 3.63) is 94.1 Å². The van der Waals surface area contributed by atoms with E-state index >= 15 is 0 Å². The van der Waals surface area contributed by atoms with E-state index in [-0.39, 0.29) is 12.0 Å². The second-order valence-corrected chi connectivity index (χ2v) is 7.43. The van der Waals surface area contributed by atoms with E-state index in [9.17, 15) is 17.6 Å². The van der Waals surface area contributed by atoms with E-state index in [0.29, 0.717) is 22.3 Å². The van der Waals surface area contributed by atoms with Gasteiger partial charge in [-0.3, -0.25) is 0 Å². The van der Waals surface area contributed by atoms with Crippen molar-refractivity contribution in [3.8, 4) is 11.1 Å². The van der Waals surface area contributed by atoms with Gasteiger partial charge < -0.3 is 0 Å². The topological polar surface area (TPSA) is 0 Å². The third kappa shape index (κ3) is 3.84. The summed E-state index contributed by atoms with van der Waals surface area (Å²) in [4.78, 5) is 0. The summed E-state index contributed by atoms with van der Waals surface area (Å²) in [5, 5.41) is 0. The lowest BCUT2D eigenvalue weighted by Gasteiger charge is -2.10. The maximum atomic E-state index is 14.8. The Hall–Kier alpha value is -2.88. The summed E-state index contributed by atoms with van der Waals surface area (Å²) in [7, 11) is 0. The van der Waals surface area contributed by atoms with Crippen LogP contribution in [0.1, 0.15) is 42.0 Å². The minimum Gasteiger partial charge on any atom is -0.206 e. The lowest BCUT2D eigenvalue weighted by atomic mass is 9.97. The van der Waals surface area contributed by atoms with Gasteiger partial charge in [0, 0.05) is 5.56 Å². The summed E-state index contributed by atoms with van der Waals surface area (Å²) < 4.78 is 56.6. The maximum Gasteiger partial charge on any atom is 0.159 e. The summed E-state index contributed by atoms with van der Waals surface area (Å²) in [6.45, 7) is 2.13. The summed E-state index contributed by atoms with van der Waals surface area (Å²) in [6.07, 6.45) is 4.86. The Labute approximate surface area is 167 Å². The van der Waals surface area contributed by atoms with Gasteiger partial charge in [-0.05, 0) is 76.9 Å². The molecule has 148 valence electrons. The summed E-state index contributed by atoms with van der Waals surface area (Å²) in [5.74, 6) is -3.30. The predicted molar refractivity (Wildman–Crippen MR) is 108 cm³/mol. The highest BCUT2D eigenvalue weighted by molar-refractivity contribution is 5.89. The van der Waals surface area contributed by atoms with E-state index in [1.807, 2.05) is 24.3 Å². The fourth-order valence-electron chi connectivity index (χ4n) is 3.79. The van der Waals surface area contributed by atoms with Crippen molar-refractivity contribution in [1.82, 2.24) is 0 Å². The van der Waals surface area contributed by atoms with E-state index in [1.165, 1.54) is 23.8 Å². The minimum atomic E-state index is -0.972. The van der Waals surface area contributed by atoms with Gasteiger partial charge in [0.1, 0.15) is 11.6 Å². The highest BCUT2D eigenvalue weighted by Gasteiger charge is 2.22. The highest BCUT2D eigenvalue weighted by atomic mass is 19.2. The van der Waals surface area contributed by atoms with Crippen LogP contribution in [0.25, 0.3) is 22.8 Å². The molecule has 1 aliphatic rings. The minimum absolute atomic E-state index is 0.148. The van der Waals surface area contributed by atoms with Crippen LogP contribution >= 0.6 is 0 Å². The average Bonchev–Trinajstić information content (AvgIpc) is 3.08. The molecule has 0 bridgehead atoms. The number of hydrogen-bond acceptors (Lipinski definition) is 0. The molecule has 3 aromatic carbocycles. The molecule has 0 amide bonds. The van der Waals surface area contributed by atoms with Gasteiger partial charge in [0.15, 0.2) is 11.6 Å². The zero-order valence-corrected chi connectivity index (χ0v) is 16.0. The van der Waals surface area contributed by atoms with Gasteiger partial charge in [0.05, 0.1) is 0 Å². The van der Waals surface area contributed by atoms with Crippen LogP contribution in [0, 0.1) is 23.3 Å². The first-order valence-corrected chi connectivity index (χ1v) is 9.73. The summed E-state index contributed by atoms with van der Waals surface area (Å²) >= 11 is 0. The second kappa shape index (κ2) is 7.86. The largest absolute Gasteiger partial charge is 0.206 e. The standard InChI is InChI=1S/C25H20F4/c1-2-3-4-15-5-7-16(8-6-15)19-13-23(28)25(24(29)14-19)20-9-17-11-21(26)22(27)12-18(17)10-20/h5-9,11-14H,2-4,10H2,1H3. The van der Waals surface area contributed by atoms with Crippen LogP contribution in [0.3, 0.4) is 0 Å². The van der Waals surface area contributed by atoms with Gasteiger partial charge in [-0.1, -0.05) is 43.7 Å². The van der Waals surface area contributed by atoms with E-state index < -0.39 is 23.3 Å². The highest BCUT2D eigenvalue weighted by Crippen LogP contribution is 2.36. The molecule has 3 aromatic rings. The molecule has 0 atom stereocenters. The summed E-state index contributed by atoms with van der Waals surface area (Å²) in [6, 6.07) is 12.5. The molecular weight excluding hydrogens is 376 g/mol. The molecule has 29 heavy (non-hydrogen) atoms. The molecule has 0 heterocycles. The molecule has 1 aliphatic carbocycles. The van der Waals surface area contributed by atoms with Crippen LogP contribution in [0.2, 0.25) is 0 Å². The van der Waals surface area contributed by atoms with Gasteiger partial charge in [-0.15, -0.1) is 0 Å². The average molecular weight is 396 g/mol. The second-order valence-electron chi connectivity index (χ2n) is 7.43. The fourth-order valence-corrected chi connectivity index (χ4v) is 3.79. The quantitative estimate of drug-likeness (QED) is 0.396. The van der Waals surface area contributed by atoms with E-state index in [0.717, 1.165) is 37.0 Å². The van der Waals surface area contributed by atoms with Gasteiger partial charge in [-0.2, -0.15) is 0 Å². The predicted octanol–water partition coefficient (Wildman–Crippen LogP) is 7.35. The molecule has 0 saturated heterocycles. The number of benzene rings is 3. The lowest BCUT2D eigenvalue weighted by Crippen LogP contribution is -1.97. The number of unbranched alkanes of at least 4 members (excludes halogenated alkanes) is 1. The van der Waals surface area contributed by atoms with Crippen LogP contribution in [-0.4, -0.2) is 0 Å². The van der Waals surface area contributed by atoms with Gasteiger partial charge in [0.2, 0.25) is 0 Å². The van der Waals surface area contributed by atoms with E-state index in [1.54, 1.807) is 0 Å². The third-order valence-electron chi connectivity index (χ3n) is 5.36.